The second kappa shape index (κ2) is 6.95. The van der Waals surface area contributed by atoms with Crippen molar-refractivity contribution < 1.29 is 13.0 Å². The molecule has 1 rings (SSSR count). The van der Waals surface area contributed by atoms with E-state index in [0.29, 0.717) is 16.5 Å². The van der Waals surface area contributed by atoms with Crippen LogP contribution in [0.25, 0.3) is 0 Å². The van der Waals surface area contributed by atoms with Gasteiger partial charge in [0.25, 0.3) is 0 Å². The molecule has 0 bridgehead atoms. The van der Waals surface area contributed by atoms with Crippen LogP contribution in [0.4, 0.5) is 5.69 Å². The average molecular weight is 290 g/mol. The third-order valence-electron chi connectivity index (χ3n) is 1.79. The SMILES string of the molecule is O=S(=O)([O-])CCCSC(=S)Nc1ccccc1. The lowest BCUT2D eigenvalue weighted by molar-refractivity contribution is 0.462. The highest BCUT2D eigenvalue weighted by Crippen LogP contribution is 2.12. The zero-order chi connectivity index (χ0) is 12.7. The monoisotopic (exact) mass is 290 g/mol. The highest BCUT2D eigenvalue weighted by Gasteiger charge is 2.00. The molecule has 7 heteroatoms. The molecule has 0 heterocycles. The van der Waals surface area contributed by atoms with Crippen molar-refractivity contribution in [3.05, 3.63) is 30.3 Å². The summed E-state index contributed by atoms with van der Waals surface area (Å²) in [6, 6.07) is 9.45. The molecule has 0 atom stereocenters. The molecule has 4 nitrogen and oxygen atoms in total. The Morgan fingerprint density at radius 1 is 1.35 bits per heavy atom. The van der Waals surface area contributed by atoms with Crippen molar-refractivity contribution in [3.63, 3.8) is 0 Å². The Kier molecular flexibility index (Phi) is 5.90. The lowest BCUT2D eigenvalue weighted by atomic mass is 10.3. The number of para-hydroxylation sites is 1. The van der Waals surface area contributed by atoms with Crippen LogP contribution >= 0.6 is 24.0 Å². The first-order chi connectivity index (χ1) is 7.97. The number of hydrogen-bond acceptors (Lipinski definition) is 5. The zero-order valence-corrected chi connectivity index (χ0v) is 11.4. The van der Waals surface area contributed by atoms with E-state index in [1.54, 1.807) is 0 Å². The summed E-state index contributed by atoms with van der Waals surface area (Å²) >= 11 is 6.40. The van der Waals surface area contributed by atoms with Gasteiger partial charge in [-0.3, -0.25) is 0 Å². The Morgan fingerprint density at radius 3 is 2.59 bits per heavy atom. The summed E-state index contributed by atoms with van der Waals surface area (Å²) in [6.07, 6.45) is 0.313. The van der Waals surface area contributed by atoms with Gasteiger partial charge in [-0.25, -0.2) is 8.42 Å². The van der Waals surface area contributed by atoms with E-state index in [4.69, 9.17) is 12.2 Å². The highest BCUT2D eigenvalue weighted by molar-refractivity contribution is 8.23. The van der Waals surface area contributed by atoms with E-state index in [2.05, 4.69) is 5.32 Å². The van der Waals surface area contributed by atoms with Gasteiger partial charge in [0.05, 0.1) is 10.1 Å². The minimum absolute atomic E-state index is 0.313. The van der Waals surface area contributed by atoms with Crippen molar-refractivity contribution in [2.75, 3.05) is 16.8 Å². The maximum absolute atomic E-state index is 10.4. The van der Waals surface area contributed by atoms with Crippen molar-refractivity contribution in [2.24, 2.45) is 0 Å². The second-order valence-electron chi connectivity index (χ2n) is 3.24. The fourth-order valence-corrected chi connectivity index (χ4v) is 2.79. The summed E-state index contributed by atoms with van der Waals surface area (Å²) in [7, 11) is -4.11. The van der Waals surface area contributed by atoms with Gasteiger partial charge < -0.3 is 9.87 Å². The van der Waals surface area contributed by atoms with Gasteiger partial charge in [0.1, 0.15) is 4.32 Å². The molecule has 0 aliphatic heterocycles. The van der Waals surface area contributed by atoms with Crippen LogP contribution in [0.1, 0.15) is 6.42 Å². The van der Waals surface area contributed by atoms with Gasteiger partial charge >= 0.3 is 0 Å². The summed E-state index contributed by atoms with van der Waals surface area (Å²) in [5.74, 6) is 0.175. The Labute approximate surface area is 111 Å². The molecule has 0 aliphatic carbocycles. The minimum atomic E-state index is -4.11. The number of thioether (sulfide) groups is 1. The van der Waals surface area contributed by atoms with Crippen LogP contribution in [-0.4, -0.2) is 28.8 Å². The number of rotatable bonds is 5. The molecule has 1 N–H and O–H groups in total. The van der Waals surface area contributed by atoms with Crippen molar-refractivity contribution in [2.45, 2.75) is 6.42 Å². The summed E-state index contributed by atoms with van der Waals surface area (Å²) in [5, 5.41) is 3.01. The molecule has 1 aromatic rings. The zero-order valence-electron chi connectivity index (χ0n) is 8.96. The number of hydrogen-bond donors (Lipinski definition) is 1. The molecule has 1 aromatic carbocycles. The van der Waals surface area contributed by atoms with Crippen LogP contribution in [0, 0.1) is 0 Å². The summed E-state index contributed by atoms with van der Waals surface area (Å²) in [4.78, 5) is 0. The molecule has 0 radical (unpaired) electrons. The number of anilines is 1. The number of nitrogens with one attached hydrogen (secondary N) is 1. The fraction of sp³-hybridized carbons (Fsp3) is 0.300. The average Bonchev–Trinajstić information content (AvgIpc) is 2.25. The van der Waals surface area contributed by atoms with Crippen LogP contribution in [0.3, 0.4) is 0 Å². The Balaban J connectivity index is 2.23. The molecule has 0 aromatic heterocycles. The normalized spacial score (nSPS) is 11.1. The predicted octanol–water partition coefficient (Wildman–Crippen LogP) is 2.05. The van der Waals surface area contributed by atoms with Gasteiger partial charge in [0.2, 0.25) is 0 Å². The smallest absolute Gasteiger partial charge is 0.138 e. The van der Waals surface area contributed by atoms with Crippen LogP contribution in [0.15, 0.2) is 30.3 Å². The molecule has 0 aliphatic rings. The number of benzene rings is 1. The van der Waals surface area contributed by atoms with Crippen molar-refractivity contribution in [3.8, 4) is 0 Å². The quantitative estimate of drug-likeness (QED) is 0.508. The molecule has 0 saturated heterocycles. The van der Waals surface area contributed by atoms with Gasteiger partial charge in [0, 0.05) is 17.2 Å². The minimum Gasteiger partial charge on any atom is -0.748 e. The summed E-state index contributed by atoms with van der Waals surface area (Å²) < 4.78 is 31.6. The first-order valence-electron chi connectivity index (χ1n) is 4.90. The molecule has 0 fully saturated rings. The maximum Gasteiger partial charge on any atom is 0.138 e. The van der Waals surface area contributed by atoms with Crippen LogP contribution in [-0.2, 0) is 10.1 Å². The van der Waals surface area contributed by atoms with Gasteiger partial charge in [-0.1, -0.05) is 42.2 Å². The molecule has 94 valence electrons. The molecule has 0 unspecified atom stereocenters. The maximum atomic E-state index is 10.4. The van der Waals surface area contributed by atoms with Crippen LogP contribution in [0.5, 0.6) is 0 Å². The topological polar surface area (TPSA) is 69.2 Å². The van der Waals surface area contributed by atoms with E-state index in [1.165, 1.54) is 11.8 Å². The summed E-state index contributed by atoms with van der Waals surface area (Å²) in [6.45, 7) is 0. The van der Waals surface area contributed by atoms with Gasteiger partial charge in [-0.2, -0.15) is 0 Å². The van der Waals surface area contributed by atoms with Gasteiger partial charge in [-0.05, 0) is 18.6 Å². The Bertz CT molecular complexity index is 459. The largest absolute Gasteiger partial charge is 0.748 e. The van der Waals surface area contributed by atoms with E-state index >= 15 is 0 Å². The first-order valence-corrected chi connectivity index (χ1v) is 7.87. The second-order valence-corrected chi connectivity index (χ2v) is 6.54. The van der Waals surface area contributed by atoms with Gasteiger partial charge in [-0.15, -0.1) is 0 Å². The molecular formula is C10H12NO3S3-. The van der Waals surface area contributed by atoms with E-state index in [1.807, 2.05) is 30.3 Å². The van der Waals surface area contributed by atoms with Crippen LogP contribution < -0.4 is 5.32 Å². The lowest BCUT2D eigenvalue weighted by Gasteiger charge is -2.08. The Hall–Kier alpha value is -0.630. The van der Waals surface area contributed by atoms with E-state index in [9.17, 15) is 13.0 Å². The third kappa shape index (κ3) is 7.32. The van der Waals surface area contributed by atoms with E-state index < -0.39 is 10.1 Å². The molecule has 0 amide bonds. The third-order valence-corrected chi connectivity index (χ3v) is 3.89. The van der Waals surface area contributed by atoms with Crippen molar-refractivity contribution >= 4 is 44.1 Å². The van der Waals surface area contributed by atoms with Crippen molar-refractivity contribution in [1.29, 1.82) is 0 Å². The first kappa shape index (κ1) is 14.4. The van der Waals surface area contributed by atoms with Crippen LogP contribution in [0.2, 0.25) is 0 Å². The van der Waals surface area contributed by atoms with E-state index in [0.717, 1.165) is 5.69 Å². The van der Waals surface area contributed by atoms with Crippen molar-refractivity contribution in [1.82, 2.24) is 0 Å². The standard InChI is InChI=1S/C10H13NO3S3/c12-17(13,14)8-4-7-16-10(15)11-9-5-2-1-3-6-9/h1-3,5-6H,4,7-8H2,(H,11,15)(H,12,13,14)/p-1. The highest BCUT2D eigenvalue weighted by atomic mass is 32.2. The van der Waals surface area contributed by atoms with Gasteiger partial charge in [0.15, 0.2) is 0 Å². The number of thiocarbonyl (C=S) groups is 1. The fourth-order valence-electron chi connectivity index (χ4n) is 1.08. The summed E-state index contributed by atoms with van der Waals surface area (Å²) in [5.41, 5.74) is 0.890. The lowest BCUT2D eigenvalue weighted by Crippen LogP contribution is -2.08. The Morgan fingerprint density at radius 2 is 2.00 bits per heavy atom. The molecule has 0 spiro atoms. The van der Waals surface area contributed by atoms with E-state index in [-0.39, 0.29) is 5.75 Å². The molecule has 17 heavy (non-hydrogen) atoms. The molecule has 0 saturated carbocycles. The predicted molar refractivity (Wildman–Crippen MR) is 74.3 cm³/mol. The molecular weight excluding hydrogens is 278 g/mol.